The van der Waals surface area contributed by atoms with Gasteiger partial charge in [-0.25, -0.2) is 0 Å². The van der Waals surface area contributed by atoms with Crippen LogP contribution < -0.4 is 19.1 Å². The van der Waals surface area contributed by atoms with Crippen LogP contribution in [0, 0.1) is 0 Å². The van der Waals surface area contributed by atoms with E-state index in [0.29, 0.717) is 24.6 Å². The third-order valence-electron chi connectivity index (χ3n) is 5.11. The zero-order valence-electron chi connectivity index (χ0n) is 15.6. The third kappa shape index (κ3) is 3.52. The maximum atomic E-state index is 13.0. The molecule has 0 spiro atoms. The first-order valence-corrected chi connectivity index (χ1v) is 9.26. The standard InChI is InChI=1S/C21H24N2O4/c1-15-20(27-19-6-4-3-5-18(19)26-15)21(24)23-13-11-22(12-14-23)16-7-9-17(25-2)10-8-16/h3-10,15,20H,11-14H2,1-2H3. The molecule has 6 heteroatoms. The number of para-hydroxylation sites is 2. The molecule has 2 atom stereocenters. The van der Waals surface area contributed by atoms with Crippen LogP contribution in [0.5, 0.6) is 17.2 Å². The zero-order valence-corrected chi connectivity index (χ0v) is 15.6. The lowest BCUT2D eigenvalue weighted by Crippen LogP contribution is -2.56. The Bertz CT molecular complexity index is 800. The Kier molecular flexibility index (Phi) is 4.79. The molecule has 0 saturated carbocycles. The van der Waals surface area contributed by atoms with Crippen LogP contribution in [-0.4, -0.2) is 56.3 Å². The van der Waals surface area contributed by atoms with Crippen LogP contribution in [0.25, 0.3) is 0 Å². The lowest BCUT2D eigenvalue weighted by Gasteiger charge is -2.39. The second-order valence-electron chi connectivity index (χ2n) is 6.82. The molecule has 2 heterocycles. The molecule has 0 radical (unpaired) electrons. The summed E-state index contributed by atoms with van der Waals surface area (Å²) < 4.78 is 17.0. The van der Waals surface area contributed by atoms with Gasteiger partial charge in [-0.1, -0.05) is 12.1 Å². The number of anilines is 1. The molecule has 0 aliphatic carbocycles. The van der Waals surface area contributed by atoms with Crippen molar-refractivity contribution in [3.63, 3.8) is 0 Å². The Morgan fingerprint density at radius 2 is 1.59 bits per heavy atom. The van der Waals surface area contributed by atoms with E-state index in [-0.39, 0.29) is 12.0 Å². The van der Waals surface area contributed by atoms with Crippen molar-refractivity contribution in [2.24, 2.45) is 0 Å². The van der Waals surface area contributed by atoms with Crippen molar-refractivity contribution >= 4 is 11.6 Å². The van der Waals surface area contributed by atoms with Gasteiger partial charge in [-0.3, -0.25) is 4.79 Å². The highest BCUT2D eigenvalue weighted by molar-refractivity contribution is 5.82. The lowest BCUT2D eigenvalue weighted by atomic mass is 10.1. The number of methoxy groups -OCH3 is 1. The number of rotatable bonds is 3. The molecule has 0 N–H and O–H groups in total. The topological polar surface area (TPSA) is 51.2 Å². The molecule has 1 amide bonds. The number of fused-ring (bicyclic) bond motifs is 1. The number of carbonyl (C=O) groups is 1. The molecule has 1 saturated heterocycles. The molecule has 2 aromatic rings. The fraction of sp³-hybridized carbons (Fsp3) is 0.381. The van der Waals surface area contributed by atoms with Crippen LogP contribution in [0.4, 0.5) is 5.69 Å². The predicted octanol–water partition coefficient (Wildman–Crippen LogP) is 2.57. The van der Waals surface area contributed by atoms with E-state index in [9.17, 15) is 4.79 Å². The number of carbonyl (C=O) groups excluding carboxylic acids is 1. The minimum atomic E-state index is -0.604. The first-order chi connectivity index (χ1) is 13.2. The highest BCUT2D eigenvalue weighted by atomic mass is 16.6. The summed E-state index contributed by atoms with van der Waals surface area (Å²) in [6.07, 6.45) is -0.917. The van der Waals surface area contributed by atoms with Gasteiger partial charge in [0.15, 0.2) is 11.5 Å². The van der Waals surface area contributed by atoms with Crippen LogP contribution >= 0.6 is 0 Å². The fourth-order valence-corrected chi connectivity index (χ4v) is 3.55. The van der Waals surface area contributed by atoms with E-state index >= 15 is 0 Å². The minimum Gasteiger partial charge on any atom is -0.497 e. The minimum absolute atomic E-state index is 0.00798. The summed E-state index contributed by atoms with van der Waals surface area (Å²) in [7, 11) is 1.66. The lowest BCUT2D eigenvalue weighted by molar-refractivity contribution is -0.144. The summed E-state index contributed by atoms with van der Waals surface area (Å²) in [5.41, 5.74) is 1.14. The van der Waals surface area contributed by atoms with Gasteiger partial charge in [0, 0.05) is 31.9 Å². The summed E-state index contributed by atoms with van der Waals surface area (Å²) in [5.74, 6) is 2.16. The molecule has 0 bridgehead atoms. The van der Waals surface area contributed by atoms with E-state index in [1.54, 1.807) is 7.11 Å². The average molecular weight is 368 g/mol. The molecule has 1 fully saturated rings. The fourth-order valence-electron chi connectivity index (χ4n) is 3.55. The maximum Gasteiger partial charge on any atom is 0.267 e. The normalized spacial score (nSPS) is 21.7. The molecule has 2 aliphatic heterocycles. The van der Waals surface area contributed by atoms with Gasteiger partial charge in [0.2, 0.25) is 6.10 Å². The van der Waals surface area contributed by atoms with Crippen molar-refractivity contribution in [1.29, 1.82) is 0 Å². The number of ether oxygens (including phenoxy) is 3. The van der Waals surface area contributed by atoms with Gasteiger partial charge >= 0.3 is 0 Å². The van der Waals surface area contributed by atoms with Crippen molar-refractivity contribution in [3.8, 4) is 17.2 Å². The van der Waals surface area contributed by atoms with E-state index in [0.717, 1.165) is 24.5 Å². The highest BCUT2D eigenvalue weighted by Crippen LogP contribution is 2.34. The van der Waals surface area contributed by atoms with E-state index in [4.69, 9.17) is 14.2 Å². The molecule has 4 rings (SSSR count). The summed E-state index contributed by atoms with van der Waals surface area (Å²) in [6.45, 7) is 4.79. The quantitative estimate of drug-likeness (QED) is 0.834. The van der Waals surface area contributed by atoms with Crippen molar-refractivity contribution in [2.75, 3.05) is 38.2 Å². The van der Waals surface area contributed by atoms with Crippen LogP contribution in [-0.2, 0) is 4.79 Å². The molecular formula is C21H24N2O4. The van der Waals surface area contributed by atoms with Gasteiger partial charge in [0.25, 0.3) is 5.91 Å². The van der Waals surface area contributed by atoms with Gasteiger partial charge in [-0.05, 0) is 43.3 Å². The van der Waals surface area contributed by atoms with Crippen LogP contribution in [0.1, 0.15) is 6.92 Å². The average Bonchev–Trinajstić information content (AvgIpc) is 2.73. The zero-order chi connectivity index (χ0) is 18.8. The number of benzene rings is 2. The smallest absolute Gasteiger partial charge is 0.267 e. The van der Waals surface area contributed by atoms with Gasteiger partial charge < -0.3 is 24.0 Å². The number of nitrogens with zero attached hydrogens (tertiary/aromatic N) is 2. The van der Waals surface area contributed by atoms with E-state index < -0.39 is 6.10 Å². The Morgan fingerprint density at radius 1 is 0.963 bits per heavy atom. The maximum absolute atomic E-state index is 13.0. The van der Waals surface area contributed by atoms with E-state index in [1.807, 2.05) is 60.4 Å². The Hall–Kier alpha value is -2.89. The summed E-state index contributed by atoms with van der Waals surface area (Å²) >= 11 is 0. The van der Waals surface area contributed by atoms with Gasteiger partial charge in [-0.15, -0.1) is 0 Å². The Labute approximate surface area is 159 Å². The Morgan fingerprint density at radius 3 is 2.22 bits per heavy atom. The van der Waals surface area contributed by atoms with Crippen molar-refractivity contribution in [2.45, 2.75) is 19.1 Å². The van der Waals surface area contributed by atoms with Crippen LogP contribution in [0.2, 0.25) is 0 Å². The first-order valence-electron chi connectivity index (χ1n) is 9.26. The van der Waals surface area contributed by atoms with Gasteiger partial charge in [-0.2, -0.15) is 0 Å². The number of amides is 1. The highest BCUT2D eigenvalue weighted by Gasteiger charge is 2.37. The molecule has 2 unspecified atom stereocenters. The van der Waals surface area contributed by atoms with Crippen LogP contribution in [0.3, 0.4) is 0 Å². The predicted molar refractivity (Wildman–Crippen MR) is 103 cm³/mol. The molecular weight excluding hydrogens is 344 g/mol. The number of hydrogen-bond donors (Lipinski definition) is 0. The van der Waals surface area contributed by atoms with Crippen molar-refractivity contribution < 1.29 is 19.0 Å². The van der Waals surface area contributed by atoms with Crippen LogP contribution in [0.15, 0.2) is 48.5 Å². The molecule has 6 nitrogen and oxygen atoms in total. The molecule has 0 aromatic heterocycles. The van der Waals surface area contributed by atoms with E-state index in [2.05, 4.69) is 4.90 Å². The third-order valence-corrected chi connectivity index (χ3v) is 5.11. The van der Waals surface area contributed by atoms with Gasteiger partial charge in [0.1, 0.15) is 11.9 Å². The molecule has 27 heavy (non-hydrogen) atoms. The molecule has 142 valence electrons. The van der Waals surface area contributed by atoms with Crippen molar-refractivity contribution in [1.82, 2.24) is 4.90 Å². The number of hydrogen-bond acceptors (Lipinski definition) is 5. The summed E-state index contributed by atoms with van der Waals surface area (Å²) in [4.78, 5) is 17.1. The van der Waals surface area contributed by atoms with Crippen molar-refractivity contribution in [3.05, 3.63) is 48.5 Å². The number of piperazine rings is 1. The molecule has 2 aliphatic rings. The largest absolute Gasteiger partial charge is 0.497 e. The second-order valence-corrected chi connectivity index (χ2v) is 6.82. The second kappa shape index (κ2) is 7.39. The summed E-state index contributed by atoms with van der Waals surface area (Å²) in [6, 6.07) is 15.5. The summed E-state index contributed by atoms with van der Waals surface area (Å²) in [5, 5.41) is 0. The van der Waals surface area contributed by atoms with E-state index in [1.165, 1.54) is 0 Å². The first kappa shape index (κ1) is 17.5. The van der Waals surface area contributed by atoms with Gasteiger partial charge in [0.05, 0.1) is 7.11 Å². The molecule has 2 aromatic carbocycles. The SMILES string of the molecule is COc1ccc(N2CCN(C(=O)C3Oc4ccccc4OC3C)CC2)cc1. The Balaban J connectivity index is 1.38. The monoisotopic (exact) mass is 368 g/mol.